The van der Waals surface area contributed by atoms with Crippen molar-refractivity contribution in [3.63, 3.8) is 0 Å². The molecular formula is C22H21NO4S2. The van der Waals surface area contributed by atoms with Gasteiger partial charge in [-0.15, -0.1) is 0 Å². The molecule has 0 atom stereocenters. The summed E-state index contributed by atoms with van der Waals surface area (Å²) in [5.74, 6) is 0.182. The fourth-order valence-corrected chi connectivity index (χ4v) is 5.31. The predicted molar refractivity (Wildman–Crippen MR) is 117 cm³/mol. The van der Waals surface area contributed by atoms with Crippen LogP contribution in [-0.2, 0) is 9.59 Å². The summed E-state index contributed by atoms with van der Waals surface area (Å²) >= 11 is 6.73. The van der Waals surface area contributed by atoms with Gasteiger partial charge in [-0.25, -0.2) is 0 Å². The second kappa shape index (κ2) is 8.16. The highest BCUT2D eigenvalue weighted by molar-refractivity contribution is 8.26. The molecule has 1 aromatic carbocycles. The topological polar surface area (TPSA) is 70.8 Å². The predicted octanol–water partition coefficient (Wildman–Crippen LogP) is 5.10. The molecule has 1 saturated carbocycles. The van der Waals surface area contributed by atoms with Crippen LogP contribution in [0, 0.1) is 12.8 Å². The van der Waals surface area contributed by atoms with Crippen LogP contribution in [0.2, 0.25) is 0 Å². The molecular weight excluding hydrogens is 406 g/mol. The summed E-state index contributed by atoms with van der Waals surface area (Å²) in [6.07, 6.45) is 4.22. The third kappa shape index (κ3) is 4.02. The van der Waals surface area contributed by atoms with E-state index in [9.17, 15) is 14.7 Å². The summed E-state index contributed by atoms with van der Waals surface area (Å²) in [6.45, 7) is 2.03. The number of rotatable bonds is 4. The largest absolute Gasteiger partial charge is 0.481 e. The van der Waals surface area contributed by atoms with E-state index in [1.165, 1.54) is 11.8 Å². The van der Waals surface area contributed by atoms with Gasteiger partial charge in [0.15, 0.2) is 0 Å². The number of furan rings is 1. The molecule has 1 aliphatic heterocycles. The lowest BCUT2D eigenvalue weighted by molar-refractivity contribution is -0.143. The Bertz CT molecular complexity index is 1000. The van der Waals surface area contributed by atoms with E-state index in [4.69, 9.17) is 16.6 Å². The van der Waals surface area contributed by atoms with E-state index in [-0.39, 0.29) is 17.9 Å². The quantitative estimate of drug-likeness (QED) is 0.541. The molecule has 7 heteroatoms. The Morgan fingerprint density at radius 2 is 1.93 bits per heavy atom. The third-order valence-electron chi connectivity index (χ3n) is 5.55. The zero-order chi connectivity index (χ0) is 20.5. The van der Waals surface area contributed by atoms with Gasteiger partial charge in [-0.2, -0.15) is 0 Å². The number of carbonyl (C=O) groups is 2. The van der Waals surface area contributed by atoms with Crippen LogP contribution in [0.5, 0.6) is 0 Å². The van der Waals surface area contributed by atoms with Crippen LogP contribution >= 0.6 is 24.0 Å². The Morgan fingerprint density at radius 3 is 2.62 bits per heavy atom. The summed E-state index contributed by atoms with van der Waals surface area (Å²) in [7, 11) is 0. The third-order valence-corrected chi connectivity index (χ3v) is 6.88. The molecule has 0 radical (unpaired) electrons. The number of benzene rings is 1. The summed E-state index contributed by atoms with van der Waals surface area (Å²) < 4.78 is 6.48. The lowest BCUT2D eigenvalue weighted by atomic mass is 9.85. The van der Waals surface area contributed by atoms with Crippen molar-refractivity contribution in [2.24, 2.45) is 5.92 Å². The van der Waals surface area contributed by atoms with Crippen molar-refractivity contribution in [3.05, 3.63) is 52.6 Å². The number of hydrogen-bond donors (Lipinski definition) is 1. The molecule has 2 heterocycles. The van der Waals surface area contributed by atoms with E-state index in [0.29, 0.717) is 40.7 Å². The molecule has 1 N–H and O–H groups in total. The van der Waals surface area contributed by atoms with Crippen molar-refractivity contribution in [1.29, 1.82) is 0 Å². The average molecular weight is 428 g/mol. The maximum absolute atomic E-state index is 13.0. The van der Waals surface area contributed by atoms with Crippen LogP contribution < -0.4 is 0 Å². The number of thiocarbonyl (C=S) groups is 1. The number of carboxylic acids is 1. The van der Waals surface area contributed by atoms with Gasteiger partial charge in [0.25, 0.3) is 5.91 Å². The Kier molecular flexibility index (Phi) is 5.61. The van der Waals surface area contributed by atoms with Gasteiger partial charge in [-0.05, 0) is 50.3 Å². The first-order chi connectivity index (χ1) is 13.9. The molecule has 1 aromatic heterocycles. The van der Waals surface area contributed by atoms with Crippen LogP contribution in [0.4, 0.5) is 0 Å². The molecule has 29 heavy (non-hydrogen) atoms. The van der Waals surface area contributed by atoms with Gasteiger partial charge in [-0.1, -0.05) is 48.2 Å². The summed E-state index contributed by atoms with van der Waals surface area (Å²) in [5, 5.41) is 9.17. The van der Waals surface area contributed by atoms with Gasteiger partial charge >= 0.3 is 5.97 Å². The van der Waals surface area contributed by atoms with Gasteiger partial charge in [0, 0.05) is 17.7 Å². The lowest BCUT2D eigenvalue weighted by Gasteiger charge is -2.32. The van der Waals surface area contributed by atoms with Gasteiger partial charge in [-0.3, -0.25) is 14.5 Å². The van der Waals surface area contributed by atoms with Gasteiger partial charge in [0.2, 0.25) is 0 Å². The molecule has 1 amide bonds. The number of carbonyl (C=O) groups excluding carboxylic acids is 1. The maximum atomic E-state index is 13.0. The number of aryl methyl sites for hydroxylation is 1. The second-order valence-corrected chi connectivity index (χ2v) is 9.09. The molecule has 5 nitrogen and oxygen atoms in total. The van der Waals surface area contributed by atoms with Crippen molar-refractivity contribution in [2.45, 2.75) is 38.6 Å². The van der Waals surface area contributed by atoms with E-state index in [1.807, 2.05) is 43.3 Å². The highest BCUT2D eigenvalue weighted by atomic mass is 32.2. The first-order valence-corrected chi connectivity index (χ1v) is 10.8. The van der Waals surface area contributed by atoms with Gasteiger partial charge in [0.1, 0.15) is 15.8 Å². The Balaban J connectivity index is 1.50. The first-order valence-electron chi connectivity index (χ1n) is 9.59. The van der Waals surface area contributed by atoms with Crippen LogP contribution in [0.25, 0.3) is 17.4 Å². The van der Waals surface area contributed by atoms with Crippen molar-refractivity contribution in [1.82, 2.24) is 4.90 Å². The van der Waals surface area contributed by atoms with E-state index < -0.39 is 5.97 Å². The lowest BCUT2D eigenvalue weighted by Crippen LogP contribution is -2.41. The highest BCUT2D eigenvalue weighted by Gasteiger charge is 2.39. The number of nitrogens with zero attached hydrogens (tertiary/aromatic N) is 1. The molecule has 2 fully saturated rings. The molecule has 4 rings (SSSR count). The first kappa shape index (κ1) is 19.9. The minimum absolute atomic E-state index is 0.0249. The van der Waals surface area contributed by atoms with Gasteiger partial charge in [0.05, 0.1) is 10.8 Å². The zero-order valence-electron chi connectivity index (χ0n) is 16.0. The fourth-order valence-electron chi connectivity index (χ4n) is 3.93. The number of amides is 1. The minimum atomic E-state index is -0.754. The number of carboxylic acid groups (broad SMARTS) is 1. The number of thioether (sulfide) groups is 1. The summed E-state index contributed by atoms with van der Waals surface area (Å²) in [5.41, 5.74) is 2.14. The maximum Gasteiger partial charge on any atom is 0.306 e. The van der Waals surface area contributed by atoms with Crippen molar-refractivity contribution in [2.75, 3.05) is 0 Å². The molecule has 2 aromatic rings. The van der Waals surface area contributed by atoms with Crippen molar-refractivity contribution >= 4 is 46.3 Å². The monoisotopic (exact) mass is 427 g/mol. The normalized spacial score (nSPS) is 23.8. The SMILES string of the molecule is Cc1ccccc1-c1ccc(C=C2SC(=S)N(C3CCC(C(=O)O)CC3)C2=O)o1. The zero-order valence-corrected chi connectivity index (χ0v) is 17.6. The molecule has 150 valence electrons. The second-order valence-electron chi connectivity index (χ2n) is 7.41. The Hall–Kier alpha value is -2.38. The fraction of sp³-hybridized carbons (Fsp3) is 0.318. The van der Waals surface area contributed by atoms with Gasteiger partial charge < -0.3 is 9.52 Å². The molecule has 0 spiro atoms. The summed E-state index contributed by atoms with van der Waals surface area (Å²) in [6, 6.07) is 11.7. The minimum Gasteiger partial charge on any atom is -0.481 e. The van der Waals surface area contributed by atoms with E-state index in [1.54, 1.807) is 11.0 Å². The highest BCUT2D eigenvalue weighted by Crippen LogP contribution is 2.39. The molecule has 1 saturated heterocycles. The van der Waals surface area contributed by atoms with Crippen LogP contribution in [-0.4, -0.2) is 32.2 Å². The van der Waals surface area contributed by atoms with E-state index in [0.717, 1.165) is 16.9 Å². The molecule has 0 bridgehead atoms. The standard InChI is InChI=1S/C22H21NO4S2/c1-13-4-2-3-5-17(13)18-11-10-16(27-18)12-19-20(24)23(22(28)29-19)15-8-6-14(7-9-15)21(25)26/h2-5,10-12,14-15H,6-9H2,1H3,(H,25,26). The Labute approximate surface area is 178 Å². The van der Waals surface area contributed by atoms with E-state index in [2.05, 4.69) is 0 Å². The molecule has 2 aliphatic rings. The van der Waals surface area contributed by atoms with Crippen LogP contribution in [0.15, 0.2) is 45.7 Å². The number of hydrogen-bond acceptors (Lipinski definition) is 5. The molecule has 1 aliphatic carbocycles. The van der Waals surface area contributed by atoms with Crippen molar-refractivity contribution < 1.29 is 19.1 Å². The van der Waals surface area contributed by atoms with E-state index >= 15 is 0 Å². The van der Waals surface area contributed by atoms with Crippen LogP contribution in [0.3, 0.4) is 0 Å². The Morgan fingerprint density at radius 1 is 1.21 bits per heavy atom. The van der Waals surface area contributed by atoms with Crippen LogP contribution in [0.1, 0.15) is 37.0 Å². The summed E-state index contributed by atoms with van der Waals surface area (Å²) in [4.78, 5) is 26.3. The molecule has 0 unspecified atom stereocenters. The number of aliphatic carboxylic acids is 1. The smallest absolute Gasteiger partial charge is 0.306 e. The average Bonchev–Trinajstić information content (AvgIpc) is 3.27. The van der Waals surface area contributed by atoms with Crippen molar-refractivity contribution in [3.8, 4) is 11.3 Å².